The molecule has 0 aliphatic rings. The molecule has 0 saturated heterocycles. The summed E-state index contributed by atoms with van der Waals surface area (Å²) in [5.74, 6) is -0.131. The number of hydrogen-bond donors (Lipinski definition) is 2. The van der Waals surface area contributed by atoms with Crippen molar-refractivity contribution in [3.05, 3.63) is 17.1 Å². The minimum absolute atomic E-state index is 0.131. The van der Waals surface area contributed by atoms with Gasteiger partial charge in [0.15, 0.2) is 0 Å². The van der Waals surface area contributed by atoms with Crippen molar-refractivity contribution >= 4 is 30.1 Å². The Bertz CT molecular complexity index is 147. The summed E-state index contributed by atoms with van der Waals surface area (Å²) >= 11 is 5.02. The van der Waals surface area contributed by atoms with Crippen molar-refractivity contribution in [3.8, 4) is 0 Å². The zero-order valence-electron chi connectivity index (χ0n) is 5.44. The van der Waals surface area contributed by atoms with Crippen molar-refractivity contribution in [1.82, 2.24) is 9.71 Å². The average molecular weight is 176 g/mol. The van der Waals surface area contributed by atoms with Crippen LogP contribution in [0.1, 0.15) is 6.92 Å². The molecule has 1 aromatic rings. The van der Waals surface area contributed by atoms with Crippen LogP contribution < -0.4 is 4.72 Å². The van der Waals surface area contributed by atoms with Gasteiger partial charge in [-0.05, 0) is 0 Å². The minimum atomic E-state index is -0.131. The molecule has 3 nitrogen and oxygen atoms in total. The highest BCUT2D eigenvalue weighted by molar-refractivity contribution is 7.78. The highest BCUT2D eigenvalue weighted by Gasteiger charge is 1.73. The molecule has 1 rings (SSSR count). The summed E-state index contributed by atoms with van der Waals surface area (Å²) in [7, 11) is 0. The molecule has 1 heterocycles. The van der Waals surface area contributed by atoms with Crippen LogP contribution in [-0.2, 0) is 4.79 Å². The lowest BCUT2D eigenvalue weighted by Gasteiger charge is -1.78. The lowest BCUT2D eigenvalue weighted by molar-refractivity contribution is -0.117. The predicted octanol–water partition coefficient (Wildman–Crippen LogP) is 1.11. The average Bonchev–Trinajstić information content (AvgIpc) is 2.43. The van der Waals surface area contributed by atoms with Crippen LogP contribution in [0.4, 0.5) is 0 Å². The molecule has 0 aromatic carbocycles. The molecule has 10 heavy (non-hydrogen) atoms. The molecule has 0 spiro atoms. The molecule has 0 aliphatic heterocycles. The van der Waals surface area contributed by atoms with E-state index in [-0.39, 0.29) is 5.91 Å². The largest absolute Gasteiger partial charge is 0.303 e. The van der Waals surface area contributed by atoms with Crippen LogP contribution in [0.3, 0.4) is 0 Å². The molecule has 0 unspecified atom stereocenters. The van der Waals surface area contributed by atoms with Crippen LogP contribution in [0, 0.1) is 0 Å². The van der Waals surface area contributed by atoms with Gasteiger partial charge in [0.2, 0.25) is 5.91 Å². The first-order chi connectivity index (χ1) is 4.77. The van der Waals surface area contributed by atoms with Gasteiger partial charge in [-0.15, -0.1) is 11.3 Å². The summed E-state index contributed by atoms with van der Waals surface area (Å²) in [4.78, 5) is 13.4. The molecule has 0 saturated carbocycles. The molecule has 1 amide bonds. The molecule has 1 aromatic heterocycles. The summed E-state index contributed by atoms with van der Waals surface area (Å²) in [6.07, 6.45) is 1.77. The molecule has 0 bridgehead atoms. The number of aromatic nitrogens is 1. The molecule has 56 valence electrons. The first-order valence-corrected chi connectivity index (χ1v) is 3.89. The SMILES string of the molecule is CC(=O)NS.c1cscn1. The van der Waals surface area contributed by atoms with Crippen LogP contribution >= 0.6 is 24.2 Å². The number of carbonyl (C=O) groups is 1. The van der Waals surface area contributed by atoms with Crippen LogP contribution in [0.2, 0.25) is 0 Å². The molecule has 0 radical (unpaired) electrons. The van der Waals surface area contributed by atoms with Gasteiger partial charge in [-0.25, -0.2) is 0 Å². The lowest BCUT2D eigenvalue weighted by Crippen LogP contribution is -2.04. The first-order valence-electron chi connectivity index (χ1n) is 2.50. The van der Waals surface area contributed by atoms with Crippen molar-refractivity contribution in [2.45, 2.75) is 6.92 Å². The van der Waals surface area contributed by atoms with E-state index in [9.17, 15) is 4.79 Å². The number of amides is 1. The van der Waals surface area contributed by atoms with E-state index in [1.165, 1.54) is 6.92 Å². The van der Waals surface area contributed by atoms with Crippen LogP contribution in [0.25, 0.3) is 0 Å². The zero-order chi connectivity index (χ0) is 7.82. The summed E-state index contributed by atoms with van der Waals surface area (Å²) < 4.78 is 2.08. The van der Waals surface area contributed by atoms with E-state index in [1.54, 1.807) is 23.0 Å². The van der Waals surface area contributed by atoms with Gasteiger partial charge in [-0.1, -0.05) is 12.8 Å². The molecule has 0 aliphatic carbocycles. The predicted molar refractivity (Wildman–Crippen MR) is 44.9 cm³/mol. The molecule has 1 N–H and O–H groups in total. The monoisotopic (exact) mass is 176 g/mol. The van der Waals surface area contributed by atoms with Gasteiger partial charge >= 0.3 is 0 Å². The molecule has 0 atom stereocenters. The van der Waals surface area contributed by atoms with Gasteiger partial charge in [0.25, 0.3) is 0 Å². The summed E-state index contributed by atoms with van der Waals surface area (Å²) in [5, 5.41) is 1.93. The van der Waals surface area contributed by atoms with Crippen LogP contribution in [0.5, 0.6) is 0 Å². The summed E-state index contributed by atoms with van der Waals surface area (Å²) in [6, 6.07) is 0. The standard InChI is InChI=1S/C3H3NS.C2H5NOS/c1-2-5-3-4-1;1-2(4)3-5/h1-3H;5H,1H3,(H,3,4). The highest BCUT2D eigenvalue weighted by Crippen LogP contribution is 1.85. The molecule has 5 heteroatoms. The van der Waals surface area contributed by atoms with Gasteiger partial charge in [0.1, 0.15) is 0 Å². The number of nitrogens with zero attached hydrogens (tertiary/aromatic N) is 1. The maximum Gasteiger partial charge on any atom is 0.226 e. The second-order valence-electron chi connectivity index (χ2n) is 1.34. The second kappa shape index (κ2) is 6.57. The molecular formula is C5H8N2OS2. The van der Waals surface area contributed by atoms with Gasteiger partial charge < -0.3 is 4.72 Å². The Balaban J connectivity index is 0.000000162. The second-order valence-corrected chi connectivity index (χ2v) is 2.32. The van der Waals surface area contributed by atoms with Crippen molar-refractivity contribution in [2.75, 3.05) is 0 Å². The quantitative estimate of drug-likeness (QED) is 0.581. The van der Waals surface area contributed by atoms with E-state index in [0.717, 1.165) is 0 Å². The molecular weight excluding hydrogens is 168 g/mol. The van der Waals surface area contributed by atoms with Crippen molar-refractivity contribution in [3.63, 3.8) is 0 Å². The fourth-order valence-electron chi connectivity index (χ4n) is 0.176. The van der Waals surface area contributed by atoms with Crippen molar-refractivity contribution in [1.29, 1.82) is 0 Å². The maximum atomic E-state index is 9.62. The zero-order valence-corrected chi connectivity index (χ0v) is 7.15. The minimum Gasteiger partial charge on any atom is -0.303 e. The van der Waals surface area contributed by atoms with Gasteiger partial charge in [-0.2, -0.15) is 0 Å². The van der Waals surface area contributed by atoms with Crippen LogP contribution in [0.15, 0.2) is 17.1 Å². The Morgan fingerprint density at radius 3 is 2.50 bits per heavy atom. The van der Waals surface area contributed by atoms with E-state index >= 15 is 0 Å². The van der Waals surface area contributed by atoms with E-state index < -0.39 is 0 Å². The lowest BCUT2D eigenvalue weighted by atomic mass is 10.8. The number of rotatable bonds is 0. The van der Waals surface area contributed by atoms with Crippen LogP contribution in [-0.4, -0.2) is 10.9 Å². The van der Waals surface area contributed by atoms with E-state index in [4.69, 9.17) is 0 Å². The first kappa shape index (κ1) is 9.45. The van der Waals surface area contributed by atoms with E-state index in [1.807, 2.05) is 5.38 Å². The summed E-state index contributed by atoms with van der Waals surface area (Å²) in [5.41, 5.74) is 1.79. The third-order valence-corrected chi connectivity index (χ3v) is 1.34. The Kier molecular flexibility index (Phi) is 6.21. The normalized spacial score (nSPS) is 7.40. The third kappa shape index (κ3) is 7.45. The van der Waals surface area contributed by atoms with Gasteiger partial charge in [0, 0.05) is 18.5 Å². The fourth-order valence-corrected chi connectivity index (χ4v) is 0.527. The molecule has 0 fully saturated rings. The Labute approximate surface area is 69.0 Å². The van der Waals surface area contributed by atoms with Crippen molar-refractivity contribution in [2.24, 2.45) is 0 Å². The summed E-state index contributed by atoms with van der Waals surface area (Å²) in [6.45, 7) is 1.40. The van der Waals surface area contributed by atoms with Gasteiger partial charge in [-0.3, -0.25) is 9.78 Å². The highest BCUT2D eigenvalue weighted by atomic mass is 32.1. The Morgan fingerprint density at radius 1 is 1.80 bits per heavy atom. The maximum absolute atomic E-state index is 9.62. The Morgan fingerprint density at radius 2 is 2.40 bits per heavy atom. The number of thiol groups is 1. The number of carbonyl (C=O) groups excluding carboxylic acids is 1. The van der Waals surface area contributed by atoms with Gasteiger partial charge in [0.05, 0.1) is 5.51 Å². The van der Waals surface area contributed by atoms with E-state index in [2.05, 4.69) is 22.5 Å². The number of thiazole rings is 1. The fraction of sp³-hybridized carbons (Fsp3) is 0.200. The number of nitrogens with one attached hydrogen (secondary N) is 1. The third-order valence-electron chi connectivity index (χ3n) is 0.505. The van der Waals surface area contributed by atoms with Crippen molar-refractivity contribution < 1.29 is 4.79 Å². The topological polar surface area (TPSA) is 42.0 Å². The van der Waals surface area contributed by atoms with E-state index in [0.29, 0.717) is 0 Å². The smallest absolute Gasteiger partial charge is 0.226 e. The number of hydrogen-bond acceptors (Lipinski definition) is 4. The Hall–Kier alpha value is -0.550.